The van der Waals surface area contributed by atoms with Crippen molar-refractivity contribution in [2.75, 3.05) is 18.4 Å². The Kier molecular flexibility index (Phi) is 4.49. The second-order valence-corrected chi connectivity index (χ2v) is 6.34. The summed E-state index contributed by atoms with van der Waals surface area (Å²) in [6.07, 6.45) is 2.53. The summed E-state index contributed by atoms with van der Waals surface area (Å²) in [5.41, 5.74) is -0.680. The molecule has 1 unspecified atom stereocenters. The zero-order chi connectivity index (χ0) is 15.5. The number of carbonyl (C=O) groups is 1. The lowest BCUT2D eigenvalue weighted by atomic mass is 9.89. The first kappa shape index (κ1) is 15.7. The summed E-state index contributed by atoms with van der Waals surface area (Å²) in [7, 11) is 0. The van der Waals surface area contributed by atoms with Gasteiger partial charge >= 0.3 is 6.09 Å². The maximum Gasteiger partial charge on any atom is 0.412 e. The van der Waals surface area contributed by atoms with Gasteiger partial charge in [0.1, 0.15) is 11.2 Å². The van der Waals surface area contributed by atoms with E-state index < -0.39 is 17.3 Å². The molecular formula is C15H23N3O3. The van der Waals surface area contributed by atoms with Gasteiger partial charge in [0.05, 0.1) is 11.4 Å². The van der Waals surface area contributed by atoms with Crippen LogP contribution in [0.25, 0.3) is 0 Å². The highest BCUT2D eigenvalue weighted by Gasteiger charge is 2.35. The van der Waals surface area contributed by atoms with E-state index >= 15 is 0 Å². The Morgan fingerprint density at radius 2 is 2.29 bits per heavy atom. The number of nitrogens with zero attached hydrogens (tertiary/aromatic N) is 1. The summed E-state index contributed by atoms with van der Waals surface area (Å²) in [6, 6.07) is 3.44. The summed E-state index contributed by atoms with van der Waals surface area (Å²) < 4.78 is 5.24. The average molecular weight is 293 g/mol. The Balaban J connectivity index is 2.19. The molecule has 2 rings (SSSR count). The van der Waals surface area contributed by atoms with Crippen LogP contribution in [-0.2, 0) is 10.3 Å². The van der Waals surface area contributed by atoms with Gasteiger partial charge in [0.15, 0.2) is 0 Å². The van der Waals surface area contributed by atoms with Gasteiger partial charge in [-0.1, -0.05) is 0 Å². The van der Waals surface area contributed by atoms with Crippen molar-refractivity contribution in [3.63, 3.8) is 0 Å². The van der Waals surface area contributed by atoms with Crippen molar-refractivity contribution < 1.29 is 14.6 Å². The predicted molar refractivity (Wildman–Crippen MR) is 80.1 cm³/mol. The maximum atomic E-state index is 11.9. The van der Waals surface area contributed by atoms with Crippen molar-refractivity contribution in [1.29, 1.82) is 0 Å². The van der Waals surface area contributed by atoms with E-state index in [1.54, 1.807) is 39.1 Å². The quantitative estimate of drug-likeness (QED) is 0.777. The molecule has 3 N–H and O–H groups in total. The van der Waals surface area contributed by atoms with Crippen molar-refractivity contribution in [1.82, 2.24) is 10.3 Å². The molecule has 2 heterocycles. The highest BCUT2D eigenvalue weighted by molar-refractivity contribution is 5.85. The minimum atomic E-state index is -1.07. The predicted octanol–water partition coefficient (Wildman–Crippen LogP) is 2.00. The molecule has 1 aliphatic rings. The molecule has 21 heavy (non-hydrogen) atoms. The molecule has 0 bridgehead atoms. The highest BCUT2D eigenvalue weighted by atomic mass is 16.6. The van der Waals surface area contributed by atoms with Crippen molar-refractivity contribution in [2.45, 2.75) is 44.8 Å². The number of rotatable bonds is 2. The minimum Gasteiger partial charge on any atom is -0.444 e. The molecule has 0 saturated carbocycles. The number of pyridine rings is 1. The first-order chi connectivity index (χ1) is 9.80. The number of piperidine rings is 1. The zero-order valence-electron chi connectivity index (χ0n) is 12.8. The third kappa shape index (κ3) is 4.15. The lowest BCUT2D eigenvalue weighted by molar-refractivity contribution is 0.00889. The van der Waals surface area contributed by atoms with Crippen LogP contribution in [0.4, 0.5) is 10.5 Å². The number of anilines is 1. The maximum absolute atomic E-state index is 11.9. The number of aromatic nitrogens is 1. The molecule has 0 spiro atoms. The van der Waals surface area contributed by atoms with Crippen molar-refractivity contribution in [3.8, 4) is 0 Å². The highest BCUT2D eigenvalue weighted by Crippen LogP contribution is 2.31. The topological polar surface area (TPSA) is 83.5 Å². The fraction of sp³-hybridized carbons (Fsp3) is 0.600. The summed E-state index contributed by atoms with van der Waals surface area (Å²) >= 11 is 0. The van der Waals surface area contributed by atoms with E-state index in [1.807, 2.05) is 0 Å². The first-order valence-electron chi connectivity index (χ1n) is 7.19. The SMILES string of the molecule is CC(C)(C)OC(=O)Nc1cccnc1C1(O)CCCNC1. The van der Waals surface area contributed by atoms with Crippen LogP contribution in [0.3, 0.4) is 0 Å². The normalized spacial score (nSPS) is 22.7. The van der Waals surface area contributed by atoms with Crippen LogP contribution in [0.2, 0.25) is 0 Å². The van der Waals surface area contributed by atoms with Crippen molar-refractivity contribution in [3.05, 3.63) is 24.0 Å². The monoisotopic (exact) mass is 293 g/mol. The lowest BCUT2D eigenvalue weighted by Crippen LogP contribution is -2.44. The van der Waals surface area contributed by atoms with Crippen LogP contribution in [0, 0.1) is 0 Å². The van der Waals surface area contributed by atoms with E-state index in [2.05, 4.69) is 15.6 Å². The molecule has 1 fully saturated rings. The summed E-state index contributed by atoms with van der Waals surface area (Å²) in [6.45, 7) is 6.71. The molecule has 1 aromatic rings. The lowest BCUT2D eigenvalue weighted by Gasteiger charge is -2.33. The molecule has 6 nitrogen and oxygen atoms in total. The second-order valence-electron chi connectivity index (χ2n) is 6.34. The largest absolute Gasteiger partial charge is 0.444 e. The second kappa shape index (κ2) is 5.99. The Labute approximate surface area is 124 Å². The van der Waals surface area contributed by atoms with E-state index in [0.717, 1.165) is 13.0 Å². The van der Waals surface area contributed by atoms with Gasteiger partial charge in [-0.3, -0.25) is 10.3 Å². The minimum absolute atomic E-state index is 0.424. The van der Waals surface area contributed by atoms with E-state index in [4.69, 9.17) is 4.74 Å². The number of carbonyl (C=O) groups excluding carboxylic acids is 1. The molecule has 0 aliphatic carbocycles. The van der Waals surface area contributed by atoms with Gasteiger partial charge in [-0.05, 0) is 52.3 Å². The van der Waals surface area contributed by atoms with E-state index in [1.165, 1.54) is 0 Å². The molecule has 6 heteroatoms. The smallest absolute Gasteiger partial charge is 0.412 e. The number of hydrogen-bond acceptors (Lipinski definition) is 5. The van der Waals surface area contributed by atoms with Crippen LogP contribution in [0.5, 0.6) is 0 Å². The molecule has 0 radical (unpaired) electrons. The molecule has 1 saturated heterocycles. The number of ether oxygens (including phenoxy) is 1. The fourth-order valence-corrected chi connectivity index (χ4v) is 2.38. The number of aliphatic hydroxyl groups is 1. The standard InChI is InChI=1S/C15H23N3O3/c1-14(2,3)21-13(19)18-11-6-4-9-17-12(11)15(20)7-5-8-16-10-15/h4,6,9,16,20H,5,7-8,10H2,1-3H3,(H,18,19). The summed E-state index contributed by atoms with van der Waals surface area (Å²) in [4.78, 5) is 16.2. The third-order valence-corrected chi connectivity index (χ3v) is 3.25. The van der Waals surface area contributed by atoms with E-state index in [9.17, 15) is 9.90 Å². The molecule has 1 amide bonds. The van der Waals surface area contributed by atoms with Crippen LogP contribution >= 0.6 is 0 Å². The van der Waals surface area contributed by atoms with Crippen molar-refractivity contribution in [2.24, 2.45) is 0 Å². The van der Waals surface area contributed by atoms with Crippen LogP contribution in [0.1, 0.15) is 39.3 Å². The Morgan fingerprint density at radius 1 is 1.52 bits per heavy atom. The number of β-amino-alcohol motifs (C(OH)–C–C–N with tert-alkyl or cyclic N) is 1. The molecule has 116 valence electrons. The molecule has 1 aromatic heterocycles. The van der Waals surface area contributed by atoms with Gasteiger partial charge < -0.3 is 15.2 Å². The number of nitrogens with one attached hydrogen (secondary N) is 2. The molecule has 0 aromatic carbocycles. The van der Waals surface area contributed by atoms with E-state index in [-0.39, 0.29) is 0 Å². The molecule has 1 atom stereocenters. The van der Waals surface area contributed by atoms with Crippen LogP contribution in [0.15, 0.2) is 18.3 Å². The average Bonchev–Trinajstić information content (AvgIpc) is 2.37. The van der Waals surface area contributed by atoms with Gasteiger partial charge in [0.25, 0.3) is 0 Å². The summed E-state index contributed by atoms with van der Waals surface area (Å²) in [5.74, 6) is 0. The van der Waals surface area contributed by atoms with Crippen LogP contribution < -0.4 is 10.6 Å². The Morgan fingerprint density at radius 3 is 2.90 bits per heavy atom. The van der Waals surface area contributed by atoms with Gasteiger partial charge in [-0.2, -0.15) is 0 Å². The van der Waals surface area contributed by atoms with Crippen molar-refractivity contribution >= 4 is 11.8 Å². The number of hydrogen-bond donors (Lipinski definition) is 3. The van der Waals surface area contributed by atoms with Gasteiger partial charge in [-0.15, -0.1) is 0 Å². The molecule has 1 aliphatic heterocycles. The fourth-order valence-electron chi connectivity index (χ4n) is 2.38. The third-order valence-electron chi connectivity index (χ3n) is 3.25. The van der Waals surface area contributed by atoms with Gasteiger partial charge in [0, 0.05) is 12.7 Å². The van der Waals surface area contributed by atoms with Gasteiger partial charge in [-0.25, -0.2) is 4.79 Å². The van der Waals surface area contributed by atoms with E-state index in [0.29, 0.717) is 24.3 Å². The zero-order valence-corrected chi connectivity index (χ0v) is 12.8. The first-order valence-corrected chi connectivity index (χ1v) is 7.19. The molecular weight excluding hydrogens is 270 g/mol. The summed E-state index contributed by atoms with van der Waals surface area (Å²) in [5, 5.41) is 16.6. The van der Waals surface area contributed by atoms with Crippen LogP contribution in [-0.4, -0.2) is 34.9 Å². The number of amides is 1. The Hall–Kier alpha value is -1.66. The Bertz CT molecular complexity index is 505. The van der Waals surface area contributed by atoms with Gasteiger partial charge in [0.2, 0.25) is 0 Å².